The average molecular weight is 444 g/mol. The Morgan fingerprint density at radius 1 is 1.00 bits per heavy atom. The number of nitrogens with zero attached hydrogens (tertiary/aromatic N) is 1. The number of rotatable bonds is 2. The molecule has 0 bridgehead atoms. The zero-order valence-electron chi connectivity index (χ0n) is 19.3. The van der Waals surface area contributed by atoms with Gasteiger partial charge in [0.05, 0.1) is 13.2 Å². The van der Waals surface area contributed by atoms with Crippen LogP contribution in [0.4, 0.5) is 8.78 Å². The number of hydrogen-bond donors (Lipinski definition) is 0. The summed E-state index contributed by atoms with van der Waals surface area (Å²) in [6.45, 7) is 6.43. The third-order valence-corrected chi connectivity index (χ3v) is 10.4. The summed E-state index contributed by atoms with van der Waals surface area (Å²) in [5.74, 6) is 2.45. The summed E-state index contributed by atoms with van der Waals surface area (Å²) < 4.78 is 38.8. The van der Waals surface area contributed by atoms with Crippen molar-refractivity contribution >= 4 is 5.57 Å². The number of ether oxygens (including phenoxy) is 2. The first-order valence-electron chi connectivity index (χ1n) is 12.6. The highest BCUT2D eigenvalue weighted by atomic mass is 19.3. The van der Waals surface area contributed by atoms with Gasteiger partial charge in [-0.2, -0.15) is 0 Å². The molecule has 3 unspecified atom stereocenters. The topological polar surface area (TPSA) is 31.4 Å². The second-order valence-corrected chi connectivity index (χ2v) is 11.6. The van der Waals surface area contributed by atoms with Crippen molar-refractivity contribution < 1.29 is 18.3 Å². The van der Waals surface area contributed by atoms with Gasteiger partial charge in [-0.25, -0.2) is 8.78 Å². The van der Waals surface area contributed by atoms with E-state index in [0.717, 1.165) is 56.3 Å². The molecule has 1 aliphatic heterocycles. The quantitative estimate of drug-likeness (QED) is 0.504. The first kappa shape index (κ1) is 21.2. The summed E-state index contributed by atoms with van der Waals surface area (Å²) in [5, 5.41) is 0. The van der Waals surface area contributed by atoms with Gasteiger partial charge in [0, 0.05) is 30.8 Å². The van der Waals surface area contributed by atoms with Gasteiger partial charge in [0.15, 0.2) is 5.79 Å². The molecule has 3 saturated carbocycles. The summed E-state index contributed by atoms with van der Waals surface area (Å²) in [4.78, 5) is 4.16. The zero-order chi connectivity index (χ0) is 22.1. The van der Waals surface area contributed by atoms with E-state index in [-0.39, 0.29) is 16.8 Å². The van der Waals surface area contributed by atoms with E-state index >= 15 is 0 Å². The Labute approximate surface area is 190 Å². The summed E-state index contributed by atoms with van der Waals surface area (Å²) in [6.07, 6.45) is 12.2. The maximum atomic E-state index is 13.3. The molecule has 4 aliphatic carbocycles. The van der Waals surface area contributed by atoms with Crippen LogP contribution in [0.1, 0.15) is 82.8 Å². The van der Waals surface area contributed by atoms with Crippen molar-refractivity contribution in [3.05, 3.63) is 35.7 Å². The lowest BCUT2D eigenvalue weighted by molar-refractivity contribution is -0.228. The molecule has 3 nitrogen and oxygen atoms in total. The summed E-state index contributed by atoms with van der Waals surface area (Å²) in [5.41, 5.74) is 2.63. The molecule has 1 aromatic rings. The van der Waals surface area contributed by atoms with Crippen molar-refractivity contribution in [2.75, 3.05) is 13.2 Å². The van der Waals surface area contributed by atoms with E-state index in [0.29, 0.717) is 17.3 Å². The van der Waals surface area contributed by atoms with Crippen molar-refractivity contribution in [2.24, 2.45) is 34.5 Å². The minimum Gasteiger partial charge on any atom is -0.348 e. The van der Waals surface area contributed by atoms with E-state index in [1.165, 1.54) is 37.5 Å². The summed E-state index contributed by atoms with van der Waals surface area (Å²) in [6, 6.07) is 1.67. The van der Waals surface area contributed by atoms with Crippen molar-refractivity contribution in [1.82, 2.24) is 4.98 Å². The molecule has 0 amide bonds. The van der Waals surface area contributed by atoms with Crippen LogP contribution in [-0.2, 0) is 9.47 Å². The van der Waals surface area contributed by atoms with Gasteiger partial charge in [0.25, 0.3) is 6.43 Å². The molecule has 32 heavy (non-hydrogen) atoms. The third-order valence-electron chi connectivity index (χ3n) is 10.4. The van der Waals surface area contributed by atoms with Crippen LogP contribution in [-0.4, -0.2) is 24.0 Å². The van der Waals surface area contributed by atoms with Gasteiger partial charge < -0.3 is 9.47 Å². The lowest BCUT2D eigenvalue weighted by atomic mass is 9.44. The second kappa shape index (κ2) is 7.33. The lowest BCUT2D eigenvalue weighted by Gasteiger charge is -2.61. The zero-order valence-corrected chi connectivity index (χ0v) is 19.3. The minimum absolute atomic E-state index is 0.0321. The van der Waals surface area contributed by atoms with Gasteiger partial charge in [-0.15, -0.1) is 0 Å². The Morgan fingerprint density at radius 3 is 2.59 bits per heavy atom. The number of hydrogen-bond acceptors (Lipinski definition) is 3. The molecule has 4 fully saturated rings. The Morgan fingerprint density at radius 2 is 1.81 bits per heavy atom. The Kier molecular flexibility index (Phi) is 4.86. The molecule has 0 aromatic carbocycles. The molecule has 0 radical (unpaired) electrons. The fourth-order valence-electron chi connectivity index (χ4n) is 8.70. The number of fused-ring (bicyclic) bond motifs is 5. The molecule has 174 valence electrons. The number of pyridine rings is 1. The van der Waals surface area contributed by atoms with Crippen molar-refractivity contribution in [2.45, 2.75) is 77.4 Å². The highest BCUT2D eigenvalue weighted by Gasteiger charge is 2.61. The van der Waals surface area contributed by atoms with Crippen LogP contribution in [0.3, 0.4) is 0 Å². The summed E-state index contributed by atoms with van der Waals surface area (Å²) >= 11 is 0. The van der Waals surface area contributed by atoms with Gasteiger partial charge in [-0.1, -0.05) is 19.9 Å². The van der Waals surface area contributed by atoms with Gasteiger partial charge in [0.1, 0.15) is 0 Å². The molecule has 2 heterocycles. The standard InChI is InChI=1S/C27H35F2NO2/c1-25-9-10-27(31-11-12-32-27)14-19(25)3-4-20-22-6-5-21(26(22,2)8-7-23(20)25)17-13-18(24(28)29)16-30-15-17/h5,13,15-16,19-20,22-24H,3-4,6-12,14H2,1-2H3/t19?,20-,22?,23?,25-,26+/m0/s1. The van der Waals surface area contributed by atoms with Crippen LogP contribution in [0.2, 0.25) is 0 Å². The van der Waals surface area contributed by atoms with Gasteiger partial charge in [-0.05, 0) is 90.2 Å². The normalized spacial score (nSPS) is 42.5. The van der Waals surface area contributed by atoms with E-state index in [4.69, 9.17) is 9.47 Å². The predicted molar refractivity (Wildman–Crippen MR) is 119 cm³/mol. The predicted octanol–water partition coefficient (Wildman–Crippen LogP) is 6.80. The van der Waals surface area contributed by atoms with Crippen molar-refractivity contribution in [1.29, 1.82) is 0 Å². The van der Waals surface area contributed by atoms with E-state index in [9.17, 15) is 8.78 Å². The first-order chi connectivity index (χ1) is 15.3. The van der Waals surface area contributed by atoms with Crippen LogP contribution in [0.15, 0.2) is 24.5 Å². The molecule has 1 aromatic heterocycles. The van der Waals surface area contributed by atoms with Crippen LogP contribution in [0, 0.1) is 34.5 Å². The van der Waals surface area contributed by atoms with E-state index in [1.807, 2.05) is 0 Å². The highest BCUT2D eigenvalue weighted by Crippen LogP contribution is 2.68. The van der Waals surface area contributed by atoms with E-state index < -0.39 is 6.43 Å². The molecule has 0 N–H and O–H groups in total. The van der Waals surface area contributed by atoms with Crippen LogP contribution in [0.5, 0.6) is 0 Å². The second-order valence-electron chi connectivity index (χ2n) is 11.6. The fourth-order valence-corrected chi connectivity index (χ4v) is 8.70. The van der Waals surface area contributed by atoms with Gasteiger partial charge >= 0.3 is 0 Å². The minimum atomic E-state index is -2.47. The molecule has 1 spiro atoms. The van der Waals surface area contributed by atoms with Crippen molar-refractivity contribution in [3.63, 3.8) is 0 Å². The number of alkyl halides is 2. The summed E-state index contributed by atoms with van der Waals surface area (Å²) in [7, 11) is 0. The lowest BCUT2D eigenvalue weighted by Crippen LogP contribution is -2.55. The molecule has 5 aliphatic rings. The van der Waals surface area contributed by atoms with Crippen LogP contribution in [0.25, 0.3) is 5.57 Å². The fraction of sp³-hybridized carbons (Fsp3) is 0.741. The SMILES string of the molecule is C[C@]12CCC3(CC1CC[C@@H]1C2CC[C@]2(C)C(c4cncc(C(F)F)c4)=CCC12)OCCO3. The smallest absolute Gasteiger partial charge is 0.265 e. The van der Waals surface area contributed by atoms with Crippen molar-refractivity contribution in [3.8, 4) is 0 Å². The Hall–Kier alpha value is -1.33. The Bertz CT molecular complexity index is 926. The van der Waals surface area contributed by atoms with Crippen LogP contribution < -0.4 is 0 Å². The Balaban J connectivity index is 1.25. The average Bonchev–Trinajstić information content (AvgIpc) is 3.38. The largest absolute Gasteiger partial charge is 0.348 e. The third kappa shape index (κ3) is 2.99. The van der Waals surface area contributed by atoms with E-state index in [1.54, 1.807) is 12.3 Å². The number of allylic oxidation sites excluding steroid dienone is 2. The monoisotopic (exact) mass is 443 g/mol. The molecule has 6 rings (SSSR count). The molecule has 1 saturated heterocycles. The first-order valence-corrected chi connectivity index (χ1v) is 12.6. The van der Waals surface area contributed by atoms with Gasteiger partial charge in [0.2, 0.25) is 0 Å². The molecular weight excluding hydrogens is 408 g/mol. The number of aromatic nitrogens is 1. The maximum absolute atomic E-state index is 13.3. The molecule has 5 heteroatoms. The molecule has 6 atom stereocenters. The van der Waals surface area contributed by atoms with Gasteiger partial charge in [-0.3, -0.25) is 4.98 Å². The molecular formula is C27H35F2NO2. The van der Waals surface area contributed by atoms with E-state index in [2.05, 4.69) is 24.9 Å². The highest BCUT2D eigenvalue weighted by molar-refractivity contribution is 5.72. The number of halogens is 2. The maximum Gasteiger partial charge on any atom is 0.265 e. The van der Waals surface area contributed by atoms with Crippen LogP contribution >= 0.6 is 0 Å².